The van der Waals surface area contributed by atoms with Crippen molar-refractivity contribution in [3.05, 3.63) is 45.3 Å². The number of nitrogens with two attached hydrogens (primary N) is 1. The maximum atomic E-state index is 12.3. The highest BCUT2D eigenvalue weighted by molar-refractivity contribution is 7.17. The fraction of sp³-hybridized carbons (Fsp3) is 0.294. The van der Waals surface area contributed by atoms with E-state index in [4.69, 9.17) is 17.3 Å². The number of carbonyl (C=O) groups excluding carboxylic acids is 2. The summed E-state index contributed by atoms with van der Waals surface area (Å²) in [5.41, 5.74) is 7.63. The maximum absolute atomic E-state index is 12.3. The largest absolute Gasteiger partial charge is 0.365 e. The highest BCUT2D eigenvalue weighted by atomic mass is 35.5. The summed E-state index contributed by atoms with van der Waals surface area (Å²) < 4.78 is 0. The summed E-state index contributed by atoms with van der Waals surface area (Å²) in [6.07, 6.45) is 2.96. The molecule has 0 saturated carbocycles. The van der Waals surface area contributed by atoms with Gasteiger partial charge in [-0.15, -0.1) is 11.3 Å². The third-order valence-electron chi connectivity index (χ3n) is 4.62. The van der Waals surface area contributed by atoms with Gasteiger partial charge in [0.05, 0.1) is 5.56 Å². The van der Waals surface area contributed by atoms with Gasteiger partial charge in [0.25, 0.3) is 5.91 Å². The van der Waals surface area contributed by atoms with Gasteiger partial charge < -0.3 is 16.4 Å². The molecular formula is C17H17ClN4O2S. The molecule has 1 saturated heterocycles. The quantitative estimate of drug-likeness (QED) is 0.660. The van der Waals surface area contributed by atoms with Crippen molar-refractivity contribution in [2.75, 3.05) is 10.6 Å². The predicted octanol–water partition coefficient (Wildman–Crippen LogP) is 3.49. The molecule has 130 valence electrons. The molecule has 3 amide bonds. The molecule has 1 unspecified atom stereocenters. The van der Waals surface area contributed by atoms with Crippen LogP contribution in [0.1, 0.15) is 39.7 Å². The van der Waals surface area contributed by atoms with Gasteiger partial charge in [-0.2, -0.15) is 0 Å². The molecule has 3 heterocycles. The Kier molecular flexibility index (Phi) is 4.15. The molecular weight excluding hydrogens is 360 g/mol. The van der Waals surface area contributed by atoms with E-state index in [0.717, 1.165) is 29.7 Å². The normalized spacial score (nSPS) is 20.8. The number of anilines is 2. The number of hydrogen-bond donors (Lipinski definition) is 4. The SMILES string of the molecule is NC(=O)c1c(NC(=O)Nc2ccc(Cl)cc2)sc2c1C1CC[C@@H](C2)N1. The van der Waals surface area contributed by atoms with Crippen molar-refractivity contribution in [2.45, 2.75) is 31.3 Å². The third-order valence-corrected chi connectivity index (χ3v) is 6.01. The number of hydrogen-bond acceptors (Lipinski definition) is 4. The van der Waals surface area contributed by atoms with E-state index in [0.29, 0.717) is 27.3 Å². The van der Waals surface area contributed by atoms with Gasteiger partial charge in [-0.1, -0.05) is 11.6 Å². The monoisotopic (exact) mass is 376 g/mol. The molecule has 5 N–H and O–H groups in total. The van der Waals surface area contributed by atoms with Crippen molar-refractivity contribution in [3.8, 4) is 0 Å². The average Bonchev–Trinajstić information content (AvgIpc) is 3.11. The van der Waals surface area contributed by atoms with E-state index < -0.39 is 11.9 Å². The minimum absolute atomic E-state index is 0.155. The van der Waals surface area contributed by atoms with Crippen LogP contribution in [0.4, 0.5) is 15.5 Å². The molecule has 6 nitrogen and oxygen atoms in total. The van der Waals surface area contributed by atoms with E-state index in [1.165, 1.54) is 11.3 Å². The molecule has 0 aliphatic carbocycles. The molecule has 0 spiro atoms. The van der Waals surface area contributed by atoms with Gasteiger partial charge in [0.1, 0.15) is 5.00 Å². The Morgan fingerprint density at radius 2 is 1.96 bits per heavy atom. The Hall–Kier alpha value is -2.09. The first kappa shape index (κ1) is 16.4. The fourth-order valence-electron chi connectivity index (χ4n) is 3.57. The number of rotatable bonds is 3. The lowest BCUT2D eigenvalue weighted by atomic mass is 9.98. The van der Waals surface area contributed by atoms with Crippen LogP contribution in [0.25, 0.3) is 0 Å². The molecule has 8 heteroatoms. The van der Waals surface area contributed by atoms with Crippen LogP contribution in [-0.4, -0.2) is 18.0 Å². The lowest BCUT2D eigenvalue weighted by molar-refractivity contribution is 0.1000. The molecule has 2 aliphatic rings. The number of primary amides is 1. The van der Waals surface area contributed by atoms with Crippen LogP contribution in [0.5, 0.6) is 0 Å². The Morgan fingerprint density at radius 3 is 2.68 bits per heavy atom. The first-order valence-corrected chi connectivity index (χ1v) is 9.25. The smallest absolute Gasteiger partial charge is 0.324 e. The number of nitrogens with one attached hydrogen (secondary N) is 3. The summed E-state index contributed by atoms with van der Waals surface area (Å²) in [6.45, 7) is 0. The Morgan fingerprint density at radius 1 is 1.20 bits per heavy atom. The number of halogens is 1. The van der Waals surface area contributed by atoms with Crippen LogP contribution >= 0.6 is 22.9 Å². The van der Waals surface area contributed by atoms with Gasteiger partial charge in [0, 0.05) is 27.7 Å². The highest BCUT2D eigenvalue weighted by Crippen LogP contribution is 2.45. The van der Waals surface area contributed by atoms with Crippen LogP contribution < -0.4 is 21.7 Å². The average molecular weight is 377 g/mol. The second-order valence-corrected chi connectivity index (χ2v) is 7.83. The topological polar surface area (TPSA) is 96.2 Å². The number of benzene rings is 1. The lowest BCUT2D eigenvalue weighted by Gasteiger charge is -2.22. The maximum Gasteiger partial charge on any atom is 0.324 e. The molecule has 2 aromatic rings. The summed E-state index contributed by atoms with van der Waals surface area (Å²) in [7, 11) is 0. The summed E-state index contributed by atoms with van der Waals surface area (Å²) in [5.74, 6) is -0.508. The van der Waals surface area contributed by atoms with Crippen molar-refractivity contribution in [1.82, 2.24) is 5.32 Å². The molecule has 25 heavy (non-hydrogen) atoms. The summed E-state index contributed by atoms with van der Waals surface area (Å²) >= 11 is 7.28. The van der Waals surface area contributed by atoms with E-state index in [1.54, 1.807) is 24.3 Å². The third kappa shape index (κ3) is 3.10. The number of amides is 3. The zero-order valence-corrected chi connectivity index (χ0v) is 14.8. The summed E-state index contributed by atoms with van der Waals surface area (Å²) in [4.78, 5) is 25.5. The zero-order valence-electron chi connectivity index (χ0n) is 13.3. The van der Waals surface area contributed by atoms with Crippen molar-refractivity contribution in [2.24, 2.45) is 5.73 Å². The summed E-state index contributed by atoms with van der Waals surface area (Å²) in [6, 6.07) is 6.99. The van der Waals surface area contributed by atoms with E-state index in [2.05, 4.69) is 16.0 Å². The van der Waals surface area contributed by atoms with Crippen molar-refractivity contribution in [1.29, 1.82) is 0 Å². The van der Waals surface area contributed by atoms with E-state index in [9.17, 15) is 9.59 Å². The standard InChI is InChI=1S/C17H17ClN4O2S/c18-8-1-3-9(4-2-8)21-17(24)22-16-14(15(19)23)13-11-6-5-10(20-11)7-12(13)25-16/h1-4,10-11,20H,5-7H2,(H2,19,23)(H2,21,22,24)/t10-,11?/m0/s1. The van der Waals surface area contributed by atoms with Crippen molar-refractivity contribution >= 4 is 45.6 Å². The number of urea groups is 1. The Labute approximate surface area is 153 Å². The highest BCUT2D eigenvalue weighted by Gasteiger charge is 2.38. The van der Waals surface area contributed by atoms with Gasteiger partial charge >= 0.3 is 6.03 Å². The van der Waals surface area contributed by atoms with Crippen molar-refractivity contribution in [3.63, 3.8) is 0 Å². The Balaban J connectivity index is 1.58. The minimum atomic E-state index is -0.508. The van der Waals surface area contributed by atoms with Crippen LogP contribution in [0.15, 0.2) is 24.3 Å². The minimum Gasteiger partial charge on any atom is -0.365 e. The lowest BCUT2D eigenvalue weighted by Crippen LogP contribution is -2.32. The number of thiophene rings is 1. The predicted molar refractivity (Wildman–Crippen MR) is 99.5 cm³/mol. The first-order valence-electron chi connectivity index (χ1n) is 8.06. The molecule has 1 aromatic heterocycles. The molecule has 2 bridgehead atoms. The first-order chi connectivity index (χ1) is 12.0. The van der Waals surface area contributed by atoms with E-state index in [-0.39, 0.29) is 6.04 Å². The van der Waals surface area contributed by atoms with Gasteiger partial charge in [-0.05, 0) is 49.1 Å². The van der Waals surface area contributed by atoms with Crippen LogP contribution in [-0.2, 0) is 6.42 Å². The van der Waals surface area contributed by atoms with Crippen molar-refractivity contribution < 1.29 is 9.59 Å². The van der Waals surface area contributed by atoms with Crippen LogP contribution in [0, 0.1) is 0 Å². The second kappa shape index (κ2) is 6.33. The zero-order chi connectivity index (χ0) is 17.6. The molecule has 1 aromatic carbocycles. The van der Waals surface area contributed by atoms with Crippen LogP contribution in [0.3, 0.4) is 0 Å². The van der Waals surface area contributed by atoms with E-state index in [1.807, 2.05) is 0 Å². The second-order valence-electron chi connectivity index (χ2n) is 6.29. The fourth-order valence-corrected chi connectivity index (χ4v) is 5.04. The molecule has 2 atom stereocenters. The number of carbonyl (C=O) groups is 2. The molecule has 4 rings (SSSR count). The van der Waals surface area contributed by atoms with E-state index >= 15 is 0 Å². The van der Waals surface area contributed by atoms with Crippen LogP contribution in [0.2, 0.25) is 5.02 Å². The number of fused-ring (bicyclic) bond motifs is 4. The van der Waals surface area contributed by atoms with Gasteiger partial charge in [0.15, 0.2) is 0 Å². The van der Waals surface area contributed by atoms with Gasteiger partial charge in [-0.3, -0.25) is 10.1 Å². The summed E-state index contributed by atoms with van der Waals surface area (Å²) in [5, 5.41) is 10.1. The molecule has 0 radical (unpaired) electrons. The van der Waals surface area contributed by atoms with Gasteiger partial charge in [-0.25, -0.2) is 4.79 Å². The molecule has 1 fully saturated rings. The molecule has 2 aliphatic heterocycles. The Bertz CT molecular complexity index is 849. The van der Waals surface area contributed by atoms with Gasteiger partial charge in [0.2, 0.25) is 0 Å².